The van der Waals surface area contributed by atoms with E-state index >= 15 is 0 Å². The number of rotatable bonds is 1. The van der Waals surface area contributed by atoms with Crippen LogP contribution in [0.1, 0.15) is 0 Å². The first-order valence-corrected chi connectivity index (χ1v) is 3.74. The number of nitrogens with two attached hydrogens (primary N) is 1. The topological polar surface area (TPSA) is 52.0 Å². The molecule has 66 valence electrons. The third-order valence-corrected chi connectivity index (χ3v) is 1.76. The smallest absolute Gasteiger partial charge is 0.230 e. The summed E-state index contributed by atoms with van der Waals surface area (Å²) in [6, 6.07) is 6.33. The first-order chi connectivity index (χ1) is 6.29. The molecule has 0 saturated carbocycles. The average molecular weight is 178 g/mol. The van der Waals surface area contributed by atoms with Gasteiger partial charge in [0.05, 0.1) is 11.8 Å². The standard InChI is InChI=1S/C9H7FN2O/c10-8-4-2-1-3-6(8)7-5-12-13-9(7)11/h1-5H,11H2. The maximum atomic E-state index is 13.2. The summed E-state index contributed by atoms with van der Waals surface area (Å²) in [4.78, 5) is 0. The maximum absolute atomic E-state index is 13.2. The van der Waals surface area contributed by atoms with Crippen LogP contribution in [-0.2, 0) is 0 Å². The lowest BCUT2D eigenvalue weighted by Gasteiger charge is -1.98. The number of aromatic nitrogens is 1. The van der Waals surface area contributed by atoms with Crippen molar-refractivity contribution in [2.75, 3.05) is 5.73 Å². The molecule has 4 heteroatoms. The highest BCUT2D eigenvalue weighted by molar-refractivity contribution is 5.72. The summed E-state index contributed by atoms with van der Waals surface area (Å²) in [5, 5.41) is 3.47. The fourth-order valence-electron chi connectivity index (χ4n) is 1.13. The van der Waals surface area contributed by atoms with Gasteiger partial charge in [0.2, 0.25) is 5.88 Å². The number of benzene rings is 1. The van der Waals surface area contributed by atoms with Crippen molar-refractivity contribution in [1.29, 1.82) is 0 Å². The Hall–Kier alpha value is -1.84. The van der Waals surface area contributed by atoms with Crippen molar-refractivity contribution in [3.63, 3.8) is 0 Å². The lowest BCUT2D eigenvalue weighted by atomic mass is 10.1. The molecule has 2 rings (SSSR count). The zero-order valence-corrected chi connectivity index (χ0v) is 6.70. The van der Waals surface area contributed by atoms with Crippen LogP contribution in [0.15, 0.2) is 35.0 Å². The van der Waals surface area contributed by atoms with E-state index in [2.05, 4.69) is 9.68 Å². The fraction of sp³-hybridized carbons (Fsp3) is 0. The molecule has 0 atom stereocenters. The largest absolute Gasteiger partial charge is 0.367 e. The molecule has 0 amide bonds. The van der Waals surface area contributed by atoms with Gasteiger partial charge in [0.1, 0.15) is 5.82 Å². The van der Waals surface area contributed by atoms with Gasteiger partial charge in [-0.3, -0.25) is 0 Å². The number of anilines is 1. The molecule has 1 aromatic heterocycles. The Morgan fingerprint density at radius 2 is 2.00 bits per heavy atom. The van der Waals surface area contributed by atoms with E-state index in [1.54, 1.807) is 18.2 Å². The Labute approximate surface area is 74.0 Å². The molecule has 2 aromatic rings. The van der Waals surface area contributed by atoms with E-state index in [-0.39, 0.29) is 11.7 Å². The Bertz CT molecular complexity index is 425. The van der Waals surface area contributed by atoms with E-state index in [0.29, 0.717) is 11.1 Å². The molecule has 0 bridgehead atoms. The van der Waals surface area contributed by atoms with Gasteiger partial charge in [0.15, 0.2) is 0 Å². The van der Waals surface area contributed by atoms with E-state index in [9.17, 15) is 4.39 Å². The van der Waals surface area contributed by atoms with Crippen LogP contribution >= 0.6 is 0 Å². The molecule has 0 aliphatic rings. The summed E-state index contributed by atoms with van der Waals surface area (Å²) in [5.74, 6) is -0.206. The van der Waals surface area contributed by atoms with Crippen molar-refractivity contribution in [1.82, 2.24) is 5.16 Å². The van der Waals surface area contributed by atoms with Crippen LogP contribution < -0.4 is 5.73 Å². The second-order valence-electron chi connectivity index (χ2n) is 2.58. The van der Waals surface area contributed by atoms with Crippen molar-refractivity contribution in [3.8, 4) is 11.1 Å². The quantitative estimate of drug-likeness (QED) is 0.727. The van der Waals surface area contributed by atoms with Crippen LogP contribution in [0.4, 0.5) is 10.3 Å². The van der Waals surface area contributed by atoms with Crippen LogP contribution in [0.3, 0.4) is 0 Å². The van der Waals surface area contributed by atoms with Crippen LogP contribution in [0, 0.1) is 5.82 Å². The molecule has 13 heavy (non-hydrogen) atoms. The third kappa shape index (κ3) is 1.26. The SMILES string of the molecule is Nc1oncc1-c1ccccc1F. The third-order valence-electron chi connectivity index (χ3n) is 1.76. The van der Waals surface area contributed by atoms with Crippen molar-refractivity contribution in [2.24, 2.45) is 0 Å². The minimum atomic E-state index is -0.336. The highest BCUT2D eigenvalue weighted by Gasteiger charge is 2.10. The van der Waals surface area contributed by atoms with Gasteiger partial charge in [-0.2, -0.15) is 0 Å². The summed E-state index contributed by atoms with van der Waals surface area (Å²) >= 11 is 0. The lowest BCUT2D eigenvalue weighted by molar-refractivity contribution is 0.436. The first-order valence-electron chi connectivity index (χ1n) is 3.74. The normalized spacial score (nSPS) is 10.2. The van der Waals surface area contributed by atoms with E-state index < -0.39 is 0 Å². The molecule has 0 radical (unpaired) electrons. The molecule has 0 fully saturated rings. The molecule has 1 heterocycles. The maximum Gasteiger partial charge on any atom is 0.230 e. The number of hydrogen-bond acceptors (Lipinski definition) is 3. The van der Waals surface area contributed by atoms with Crippen LogP contribution in [-0.4, -0.2) is 5.16 Å². The van der Waals surface area contributed by atoms with E-state index in [4.69, 9.17) is 5.73 Å². The molecule has 1 aromatic carbocycles. The van der Waals surface area contributed by atoms with Gasteiger partial charge in [-0.15, -0.1) is 0 Å². The van der Waals surface area contributed by atoms with Crippen LogP contribution in [0.2, 0.25) is 0 Å². The number of nitrogen functional groups attached to an aromatic ring is 1. The van der Waals surface area contributed by atoms with Crippen molar-refractivity contribution in [3.05, 3.63) is 36.3 Å². The zero-order chi connectivity index (χ0) is 9.26. The molecular formula is C9H7FN2O. The molecule has 0 aliphatic carbocycles. The summed E-state index contributed by atoms with van der Waals surface area (Å²) < 4.78 is 17.8. The minimum absolute atomic E-state index is 0.130. The first kappa shape index (κ1) is 7.79. The van der Waals surface area contributed by atoms with Crippen LogP contribution in [0.25, 0.3) is 11.1 Å². The van der Waals surface area contributed by atoms with Gasteiger partial charge in [0, 0.05) is 5.56 Å². The Morgan fingerprint density at radius 3 is 2.62 bits per heavy atom. The van der Waals surface area contributed by atoms with Crippen molar-refractivity contribution in [2.45, 2.75) is 0 Å². The predicted molar refractivity (Wildman–Crippen MR) is 46.3 cm³/mol. The van der Waals surface area contributed by atoms with Gasteiger partial charge in [0.25, 0.3) is 0 Å². The zero-order valence-electron chi connectivity index (χ0n) is 6.70. The molecular weight excluding hydrogens is 171 g/mol. The molecule has 3 nitrogen and oxygen atoms in total. The number of hydrogen-bond donors (Lipinski definition) is 1. The predicted octanol–water partition coefficient (Wildman–Crippen LogP) is 2.06. The second-order valence-corrected chi connectivity index (χ2v) is 2.58. The number of halogens is 1. The Kier molecular flexibility index (Phi) is 1.73. The second kappa shape index (κ2) is 2.90. The van der Waals surface area contributed by atoms with Crippen molar-refractivity contribution < 1.29 is 8.91 Å². The summed E-state index contributed by atoms with van der Waals surface area (Å²) in [6.07, 6.45) is 1.40. The van der Waals surface area contributed by atoms with E-state index in [1.165, 1.54) is 12.3 Å². The van der Waals surface area contributed by atoms with Gasteiger partial charge in [-0.25, -0.2) is 4.39 Å². The molecule has 0 aliphatic heterocycles. The van der Waals surface area contributed by atoms with Crippen LogP contribution in [0.5, 0.6) is 0 Å². The molecule has 0 saturated heterocycles. The minimum Gasteiger partial charge on any atom is -0.367 e. The molecule has 0 spiro atoms. The molecule has 2 N–H and O–H groups in total. The van der Waals surface area contributed by atoms with Gasteiger partial charge >= 0.3 is 0 Å². The van der Waals surface area contributed by atoms with Gasteiger partial charge in [-0.1, -0.05) is 23.4 Å². The summed E-state index contributed by atoms with van der Waals surface area (Å²) in [7, 11) is 0. The highest BCUT2D eigenvalue weighted by atomic mass is 19.1. The van der Waals surface area contributed by atoms with Crippen molar-refractivity contribution >= 4 is 5.88 Å². The fourth-order valence-corrected chi connectivity index (χ4v) is 1.13. The van der Waals surface area contributed by atoms with E-state index in [0.717, 1.165) is 0 Å². The Morgan fingerprint density at radius 1 is 1.23 bits per heavy atom. The van der Waals surface area contributed by atoms with Gasteiger partial charge in [-0.05, 0) is 6.07 Å². The van der Waals surface area contributed by atoms with E-state index in [1.807, 2.05) is 0 Å². The summed E-state index contributed by atoms with van der Waals surface area (Å²) in [6.45, 7) is 0. The average Bonchev–Trinajstić information content (AvgIpc) is 2.52. The number of nitrogens with zero attached hydrogens (tertiary/aromatic N) is 1. The lowest BCUT2D eigenvalue weighted by Crippen LogP contribution is -1.87. The highest BCUT2D eigenvalue weighted by Crippen LogP contribution is 2.27. The van der Waals surface area contributed by atoms with Gasteiger partial charge < -0.3 is 10.3 Å². The molecule has 0 unspecified atom stereocenters. The summed E-state index contributed by atoms with van der Waals surface area (Å²) in [5.41, 5.74) is 6.33. The monoisotopic (exact) mass is 178 g/mol. The Balaban J connectivity index is 2.59.